The normalized spacial score (nSPS) is 22.4. The molecule has 3 unspecified atom stereocenters. The summed E-state index contributed by atoms with van der Waals surface area (Å²) in [6, 6.07) is 10.1. The minimum absolute atomic E-state index is 0.0253. The monoisotopic (exact) mass is 362 g/mol. The first-order valence-electron chi connectivity index (χ1n) is 9.32. The highest BCUT2D eigenvalue weighted by molar-refractivity contribution is 5.78. The summed E-state index contributed by atoms with van der Waals surface area (Å²) in [5, 5.41) is 13.7. The molecule has 3 rings (SSSR count). The predicted octanol–water partition coefficient (Wildman–Crippen LogP) is 4.87. The molecule has 27 heavy (non-hydrogen) atoms. The lowest BCUT2D eigenvalue weighted by molar-refractivity contribution is -0.141. The maximum atomic E-state index is 12.2. The lowest BCUT2D eigenvalue weighted by Crippen LogP contribution is -2.52. The molecule has 1 aliphatic rings. The molecule has 4 heteroatoms. The minimum atomic E-state index is -0.832. The highest BCUT2D eigenvalue weighted by Gasteiger charge is 2.47. The van der Waals surface area contributed by atoms with Crippen molar-refractivity contribution in [3.63, 3.8) is 0 Å². The second-order valence-corrected chi connectivity index (χ2v) is 7.11. The summed E-state index contributed by atoms with van der Waals surface area (Å²) in [5.74, 6) is -1.54. The van der Waals surface area contributed by atoms with E-state index in [-0.39, 0.29) is 5.92 Å². The zero-order chi connectivity index (χ0) is 19.4. The van der Waals surface area contributed by atoms with Gasteiger partial charge in [0.05, 0.1) is 5.54 Å². The summed E-state index contributed by atoms with van der Waals surface area (Å²) >= 11 is 0. The standard InChI is InChI=1S/C23H26N2O2/c1-4-19(18-11-14-24-15-12-18)23(13-6-5-9-20(23)22(26)27)25-21-10-7-8-16(2)17(21)3/h5-15,19-20,25H,4H2,1-3H3,(H,26,27). The number of pyridine rings is 1. The van der Waals surface area contributed by atoms with Gasteiger partial charge in [0.2, 0.25) is 0 Å². The Balaban J connectivity index is 2.17. The van der Waals surface area contributed by atoms with Crippen LogP contribution in [0.1, 0.15) is 36.0 Å². The van der Waals surface area contributed by atoms with Crippen molar-refractivity contribution in [3.8, 4) is 0 Å². The molecule has 0 aliphatic heterocycles. The first kappa shape index (κ1) is 18.9. The number of allylic oxidation sites excluding steroid dienone is 2. The van der Waals surface area contributed by atoms with Crippen LogP contribution in [0.15, 0.2) is 67.0 Å². The molecule has 1 aliphatic carbocycles. The third kappa shape index (κ3) is 3.52. The molecule has 0 saturated heterocycles. The summed E-state index contributed by atoms with van der Waals surface area (Å²) in [5.41, 5.74) is 3.59. The molecule has 0 saturated carbocycles. The average molecular weight is 362 g/mol. The van der Waals surface area contributed by atoms with Gasteiger partial charge in [0.1, 0.15) is 5.92 Å². The van der Waals surface area contributed by atoms with E-state index in [1.807, 2.05) is 42.5 Å². The molecule has 0 spiro atoms. The first-order chi connectivity index (χ1) is 13.0. The summed E-state index contributed by atoms with van der Waals surface area (Å²) in [6.07, 6.45) is 11.9. The molecule has 140 valence electrons. The van der Waals surface area contributed by atoms with Gasteiger partial charge in [-0.2, -0.15) is 0 Å². The van der Waals surface area contributed by atoms with E-state index in [1.165, 1.54) is 5.56 Å². The Morgan fingerprint density at radius 3 is 2.63 bits per heavy atom. The molecular weight excluding hydrogens is 336 g/mol. The largest absolute Gasteiger partial charge is 0.481 e. The van der Waals surface area contributed by atoms with Crippen LogP contribution in [0.3, 0.4) is 0 Å². The van der Waals surface area contributed by atoms with Crippen molar-refractivity contribution in [2.75, 3.05) is 5.32 Å². The summed E-state index contributed by atoms with van der Waals surface area (Å²) in [7, 11) is 0. The van der Waals surface area contributed by atoms with Crippen molar-refractivity contribution in [2.45, 2.75) is 38.6 Å². The molecule has 0 fully saturated rings. The van der Waals surface area contributed by atoms with Crippen molar-refractivity contribution in [1.29, 1.82) is 0 Å². The van der Waals surface area contributed by atoms with Crippen molar-refractivity contribution in [2.24, 2.45) is 5.92 Å². The van der Waals surface area contributed by atoms with Gasteiger partial charge in [0.15, 0.2) is 0 Å². The van der Waals surface area contributed by atoms with Crippen LogP contribution in [-0.4, -0.2) is 21.6 Å². The fourth-order valence-electron chi connectivity index (χ4n) is 4.04. The number of aromatic nitrogens is 1. The molecule has 0 bridgehead atoms. The number of carboxylic acids is 1. The molecule has 0 amide bonds. The molecule has 0 radical (unpaired) electrons. The third-order valence-corrected chi connectivity index (χ3v) is 5.62. The number of hydrogen-bond acceptors (Lipinski definition) is 3. The van der Waals surface area contributed by atoms with Crippen LogP contribution in [0.2, 0.25) is 0 Å². The lowest BCUT2D eigenvalue weighted by Gasteiger charge is -2.44. The minimum Gasteiger partial charge on any atom is -0.481 e. The van der Waals surface area contributed by atoms with Gasteiger partial charge in [-0.1, -0.05) is 43.4 Å². The van der Waals surface area contributed by atoms with Gasteiger partial charge < -0.3 is 10.4 Å². The van der Waals surface area contributed by atoms with Gasteiger partial charge in [0, 0.05) is 24.0 Å². The van der Waals surface area contributed by atoms with Gasteiger partial charge in [-0.25, -0.2) is 0 Å². The van der Waals surface area contributed by atoms with E-state index in [2.05, 4.69) is 37.1 Å². The number of hydrogen-bond donors (Lipinski definition) is 2. The highest BCUT2D eigenvalue weighted by Crippen LogP contribution is 2.43. The number of benzene rings is 1. The molecule has 1 heterocycles. The van der Waals surface area contributed by atoms with Crippen molar-refractivity contribution >= 4 is 11.7 Å². The number of nitrogens with one attached hydrogen (secondary N) is 1. The number of nitrogens with zero attached hydrogens (tertiary/aromatic N) is 1. The molecule has 4 nitrogen and oxygen atoms in total. The summed E-state index contributed by atoms with van der Waals surface area (Å²) < 4.78 is 0. The highest BCUT2D eigenvalue weighted by atomic mass is 16.4. The van der Waals surface area contributed by atoms with Crippen LogP contribution >= 0.6 is 0 Å². The molecule has 2 N–H and O–H groups in total. The van der Waals surface area contributed by atoms with E-state index in [1.54, 1.807) is 18.5 Å². The van der Waals surface area contributed by atoms with Crippen LogP contribution < -0.4 is 5.32 Å². The number of aryl methyl sites for hydroxylation is 1. The van der Waals surface area contributed by atoms with Crippen LogP contribution in [-0.2, 0) is 4.79 Å². The van der Waals surface area contributed by atoms with Crippen LogP contribution in [0, 0.1) is 19.8 Å². The van der Waals surface area contributed by atoms with Crippen LogP contribution in [0.4, 0.5) is 5.69 Å². The van der Waals surface area contributed by atoms with Crippen molar-refractivity contribution in [3.05, 3.63) is 83.7 Å². The van der Waals surface area contributed by atoms with Crippen molar-refractivity contribution < 1.29 is 9.90 Å². The molecule has 3 atom stereocenters. The Morgan fingerprint density at radius 1 is 1.22 bits per heavy atom. The second kappa shape index (κ2) is 7.78. The van der Waals surface area contributed by atoms with Crippen molar-refractivity contribution in [1.82, 2.24) is 4.98 Å². The fraction of sp³-hybridized carbons (Fsp3) is 0.304. The Labute approximate surface area is 160 Å². The quantitative estimate of drug-likeness (QED) is 0.769. The predicted molar refractivity (Wildman–Crippen MR) is 109 cm³/mol. The van der Waals surface area contributed by atoms with Gasteiger partial charge in [-0.3, -0.25) is 9.78 Å². The second-order valence-electron chi connectivity index (χ2n) is 7.11. The zero-order valence-electron chi connectivity index (χ0n) is 16.0. The Kier molecular flexibility index (Phi) is 5.45. The molecular formula is C23H26N2O2. The lowest BCUT2D eigenvalue weighted by atomic mass is 9.67. The first-order valence-corrected chi connectivity index (χ1v) is 9.32. The van der Waals surface area contributed by atoms with E-state index in [4.69, 9.17) is 0 Å². The topological polar surface area (TPSA) is 62.2 Å². The van der Waals surface area contributed by atoms with E-state index in [0.717, 1.165) is 23.2 Å². The third-order valence-electron chi connectivity index (χ3n) is 5.62. The van der Waals surface area contributed by atoms with Crippen LogP contribution in [0.25, 0.3) is 0 Å². The fourth-order valence-corrected chi connectivity index (χ4v) is 4.04. The Bertz CT molecular complexity index is 873. The molecule has 2 aromatic rings. The molecule has 1 aromatic heterocycles. The van der Waals surface area contributed by atoms with Gasteiger partial charge >= 0.3 is 5.97 Å². The van der Waals surface area contributed by atoms with E-state index < -0.39 is 17.4 Å². The van der Waals surface area contributed by atoms with Crippen LogP contribution in [0.5, 0.6) is 0 Å². The Hall–Kier alpha value is -2.88. The number of aliphatic carboxylic acids is 1. The van der Waals surface area contributed by atoms with Gasteiger partial charge in [-0.15, -0.1) is 0 Å². The molecule has 1 aromatic carbocycles. The maximum Gasteiger partial charge on any atom is 0.313 e. The number of carbonyl (C=O) groups is 1. The van der Waals surface area contributed by atoms with E-state index in [9.17, 15) is 9.90 Å². The Morgan fingerprint density at radius 2 is 1.96 bits per heavy atom. The van der Waals surface area contributed by atoms with E-state index in [0.29, 0.717) is 0 Å². The smallest absolute Gasteiger partial charge is 0.313 e. The number of carboxylic acid groups (broad SMARTS) is 1. The van der Waals surface area contributed by atoms with Gasteiger partial charge in [0.25, 0.3) is 0 Å². The number of rotatable bonds is 6. The average Bonchev–Trinajstić information content (AvgIpc) is 2.67. The summed E-state index contributed by atoms with van der Waals surface area (Å²) in [4.78, 5) is 16.4. The van der Waals surface area contributed by atoms with E-state index >= 15 is 0 Å². The SMILES string of the molecule is CCC(c1ccncc1)C1(Nc2cccc(C)c2C)C=CC=CC1C(=O)O. The zero-order valence-corrected chi connectivity index (χ0v) is 16.0. The summed E-state index contributed by atoms with van der Waals surface area (Å²) in [6.45, 7) is 6.23. The number of anilines is 1. The van der Waals surface area contributed by atoms with Gasteiger partial charge in [-0.05, 0) is 55.2 Å². The maximum absolute atomic E-state index is 12.2.